The predicted octanol–water partition coefficient (Wildman–Crippen LogP) is 3.89. The number of para-hydroxylation sites is 1. The summed E-state index contributed by atoms with van der Waals surface area (Å²) in [4.78, 5) is 26.9. The van der Waals surface area contributed by atoms with E-state index in [-0.39, 0.29) is 17.7 Å². The minimum absolute atomic E-state index is 0.00471. The van der Waals surface area contributed by atoms with Crippen molar-refractivity contribution in [3.8, 4) is 5.69 Å². The molecule has 2 aromatic rings. The summed E-state index contributed by atoms with van der Waals surface area (Å²) in [5, 5.41) is 2.99. The zero-order valence-electron chi connectivity index (χ0n) is 19.5. The molecule has 1 aromatic carbocycles. The number of nitrogens with zero attached hydrogens (tertiary/aromatic N) is 2. The van der Waals surface area contributed by atoms with Crippen molar-refractivity contribution in [1.82, 2.24) is 14.8 Å². The first-order chi connectivity index (χ1) is 15.5. The molecule has 1 N–H and O–H groups in total. The smallest absolute Gasteiger partial charge is 0.246 e. The van der Waals surface area contributed by atoms with Gasteiger partial charge in [0.15, 0.2) is 0 Å². The third kappa shape index (κ3) is 6.10. The lowest BCUT2D eigenvalue weighted by atomic mass is 9.96. The fourth-order valence-electron chi connectivity index (χ4n) is 4.23. The Bertz CT molecular complexity index is 925. The summed E-state index contributed by atoms with van der Waals surface area (Å²) in [7, 11) is 0. The lowest BCUT2D eigenvalue weighted by Gasteiger charge is -2.30. The summed E-state index contributed by atoms with van der Waals surface area (Å²) in [6.07, 6.45) is 5.80. The van der Waals surface area contributed by atoms with Crippen LogP contribution >= 0.6 is 0 Å². The molecule has 32 heavy (non-hydrogen) atoms. The maximum Gasteiger partial charge on any atom is 0.246 e. The highest BCUT2D eigenvalue weighted by Gasteiger charge is 2.26. The molecule has 3 rings (SSSR count). The second-order valence-corrected chi connectivity index (χ2v) is 8.27. The summed E-state index contributed by atoms with van der Waals surface area (Å²) in [5.74, 6) is 0.0856. The van der Waals surface area contributed by atoms with Crippen molar-refractivity contribution in [2.24, 2.45) is 5.92 Å². The van der Waals surface area contributed by atoms with E-state index in [2.05, 4.69) is 41.9 Å². The third-order valence-electron chi connectivity index (χ3n) is 6.04. The molecule has 0 radical (unpaired) electrons. The van der Waals surface area contributed by atoms with Gasteiger partial charge in [0.1, 0.15) is 0 Å². The molecule has 2 amide bonds. The number of aromatic nitrogens is 1. The van der Waals surface area contributed by atoms with Gasteiger partial charge in [-0.25, -0.2) is 0 Å². The van der Waals surface area contributed by atoms with Gasteiger partial charge in [0, 0.05) is 61.9 Å². The van der Waals surface area contributed by atoms with Gasteiger partial charge < -0.3 is 19.5 Å². The van der Waals surface area contributed by atoms with Crippen LogP contribution in [-0.4, -0.2) is 54.1 Å². The number of nitrogens with one attached hydrogen (secondary N) is 1. The van der Waals surface area contributed by atoms with E-state index in [1.165, 1.54) is 0 Å². The Balaban J connectivity index is 1.51. The number of likely N-dealkylation sites (tertiary alicyclic amines) is 1. The van der Waals surface area contributed by atoms with Crippen LogP contribution in [0.3, 0.4) is 0 Å². The zero-order valence-corrected chi connectivity index (χ0v) is 19.5. The maximum absolute atomic E-state index is 12.7. The van der Waals surface area contributed by atoms with Gasteiger partial charge in [-0.3, -0.25) is 9.59 Å². The highest BCUT2D eigenvalue weighted by Crippen LogP contribution is 2.22. The van der Waals surface area contributed by atoms with E-state index < -0.39 is 0 Å². The van der Waals surface area contributed by atoms with Crippen LogP contribution in [0.1, 0.15) is 43.1 Å². The summed E-state index contributed by atoms with van der Waals surface area (Å²) < 4.78 is 7.49. The second-order valence-electron chi connectivity index (χ2n) is 8.27. The zero-order chi connectivity index (χ0) is 22.9. The van der Waals surface area contributed by atoms with Gasteiger partial charge in [0.25, 0.3) is 0 Å². The Hall–Kier alpha value is -2.86. The Morgan fingerprint density at radius 3 is 2.56 bits per heavy atom. The van der Waals surface area contributed by atoms with Crippen molar-refractivity contribution >= 4 is 17.9 Å². The van der Waals surface area contributed by atoms with Crippen LogP contribution in [0.4, 0.5) is 0 Å². The first-order valence-corrected chi connectivity index (χ1v) is 11.6. The Morgan fingerprint density at radius 2 is 1.88 bits per heavy atom. The Kier molecular flexibility index (Phi) is 8.68. The molecule has 6 heteroatoms. The first kappa shape index (κ1) is 23.8. The molecule has 1 aromatic heterocycles. The molecule has 0 atom stereocenters. The maximum atomic E-state index is 12.7. The van der Waals surface area contributed by atoms with Crippen molar-refractivity contribution in [2.75, 3.05) is 32.8 Å². The van der Waals surface area contributed by atoms with Gasteiger partial charge in [0.05, 0.1) is 0 Å². The van der Waals surface area contributed by atoms with Crippen LogP contribution in [0, 0.1) is 19.8 Å². The van der Waals surface area contributed by atoms with Crippen molar-refractivity contribution in [2.45, 2.75) is 40.0 Å². The van der Waals surface area contributed by atoms with Crippen LogP contribution in [0.2, 0.25) is 0 Å². The average Bonchev–Trinajstić information content (AvgIpc) is 3.10. The molecule has 1 aliphatic rings. The lowest BCUT2D eigenvalue weighted by Crippen LogP contribution is -2.42. The second kappa shape index (κ2) is 11.7. The topological polar surface area (TPSA) is 63.6 Å². The van der Waals surface area contributed by atoms with Crippen molar-refractivity contribution in [3.05, 3.63) is 59.4 Å². The number of rotatable bonds is 9. The highest BCUT2D eigenvalue weighted by atomic mass is 16.5. The van der Waals surface area contributed by atoms with E-state index in [1.54, 1.807) is 6.08 Å². The molecule has 1 fully saturated rings. The number of benzene rings is 1. The van der Waals surface area contributed by atoms with E-state index in [9.17, 15) is 9.59 Å². The number of hydrogen-bond acceptors (Lipinski definition) is 3. The molecule has 0 aliphatic carbocycles. The molecule has 2 heterocycles. The standard InChI is InChI=1S/C26H35N3O3/c1-4-32-18-8-15-27-26(31)22-13-16-28(17-14-22)25(30)12-11-23-19-20(2)29(21(23)3)24-9-6-5-7-10-24/h5-7,9-12,19,22H,4,8,13-18H2,1-3H3,(H,27,31). The number of ether oxygens (including phenoxy) is 1. The monoisotopic (exact) mass is 437 g/mol. The van der Waals surface area contributed by atoms with Gasteiger partial charge >= 0.3 is 0 Å². The fraction of sp³-hybridized carbons (Fsp3) is 0.462. The molecule has 0 spiro atoms. The largest absolute Gasteiger partial charge is 0.382 e. The number of hydrogen-bond donors (Lipinski definition) is 1. The Labute approximate surface area is 191 Å². The first-order valence-electron chi connectivity index (χ1n) is 11.6. The van der Waals surface area contributed by atoms with E-state index in [0.717, 1.165) is 29.1 Å². The number of piperidine rings is 1. The number of carbonyl (C=O) groups is 2. The van der Waals surface area contributed by atoms with Crippen LogP contribution in [0.5, 0.6) is 0 Å². The van der Waals surface area contributed by atoms with Crippen molar-refractivity contribution in [1.29, 1.82) is 0 Å². The lowest BCUT2D eigenvalue weighted by molar-refractivity contribution is -0.132. The van der Waals surface area contributed by atoms with E-state index in [1.807, 2.05) is 36.1 Å². The molecule has 1 saturated heterocycles. The SMILES string of the molecule is CCOCCCNC(=O)C1CCN(C(=O)C=Cc2cc(C)n(-c3ccccc3)c2C)CC1. The van der Waals surface area contributed by atoms with Crippen LogP contribution < -0.4 is 5.32 Å². The van der Waals surface area contributed by atoms with Gasteiger partial charge in [-0.2, -0.15) is 0 Å². The Morgan fingerprint density at radius 1 is 1.16 bits per heavy atom. The minimum Gasteiger partial charge on any atom is -0.382 e. The molecular formula is C26H35N3O3. The van der Waals surface area contributed by atoms with Gasteiger partial charge in [-0.15, -0.1) is 0 Å². The summed E-state index contributed by atoms with van der Waals surface area (Å²) in [5.41, 5.74) is 4.40. The normalized spacial score (nSPS) is 14.8. The summed E-state index contributed by atoms with van der Waals surface area (Å²) in [6, 6.07) is 12.3. The summed E-state index contributed by atoms with van der Waals surface area (Å²) in [6.45, 7) is 9.35. The van der Waals surface area contributed by atoms with Crippen molar-refractivity contribution in [3.63, 3.8) is 0 Å². The quantitative estimate of drug-likeness (QED) is 0.478. The third-order valence-corrected chi connectivity index (χ3v) is 6.04. The average molecular weight is 438 g/mol. The molecule has 0 unspecified atom stereocenters. The molecular weight excluding hydrogens is 402 g/mol. The number of amides is 2. The molecule has 6 nitrogen and oxygen atoms in total. The summed E-state index contributed by atoms with van der Waals surface area (Å²) >= 11 is 0. The van der Waals surface area contributed by atoms with Gasteiger partial charge in [0.2, 0.25) is 11.8 Å². The van der Waals surface area contributed by atoms with E-state index >= 15 is 0 Å². The minimum atomic E-state index is -0.0140. The molecule has 172 valence electrons. The van der Waals surface area contributed by atoms with Crippen LogP contribution in [-0.2, 0) is 14.3 Å². The highest BCUT2D eigenvalue weighted by molar-refractivity contribution is 5.92. The van der Waals surface area contributed by atoms with Gasteiger partial charge in [-0.05, 0) is 69.9 Å². The number of carbonyl (C=O) groups excluding carboxylic acids is 2. The predicted molar refractivity (Wildman–Crippen MR) is 128 cm³/mol. The van der Waals surface area contributed by atoms with Gasteiger partial charge in [-0.1, -0.05) is 18.2 Å². The molecule has 0 bridgehead atoms. The van der Waals surface area contributed by atoms with E-state index in [4.69, 9.17) is 4.74 Å². The van der Waals surface area contributed by atoms with Crippen LogP contribution in [0.25, 0.3) is 11.8 Å². The molecule has 1 aliphatic heterocycles. The van der Waals surface area contributed by atoms with E-state index in [0.29, 0.717) is 45.7 Å². The molecule has 0 saturated carbocycles. The van der Waals surface area contributed by atoms with Crippen molar-refractivity contribution < 1.29 is 14.3 Å². The van der Waals surface area contributed by atoms with Crippen LogP contribution in [0.15, 0.2) is 42.5 Å². The fourth-order valence-corrected chi connectivity index (χ4v) is 4.23. The number of aryl methyl sites for hydroxylation is 1.